The van der Waals surface area contributed by atoms with E-state index in [2.05, 4.69) is 0 Å². The SMILES string of the molecule is COc1cc(OC)c(C(=O)/C=C/c2cccc(OC)c2O)c(OC)c1. The molecule has 132 valence electrons. The van der Waals surface area contributed by atoms with Crippen molar-refractivity contribution in [2.75, 3.05) is 28.4 Å². The second kappa shape index (κ2) is 8.10. The number of phenols is 1. The van der Waals surface area contributed by atoms with E-state index in [0.29, 0.717) is 28.6 Å². The largest absolute Gasteiger partial charge is 0.504 e. The van der Waals surface area contributed by atoms with Crippen LogP contribution in [0.4, 0.5) is 0 Å². The van der Waals surface area contributed by atoms with Crippen molar-refractivity contribution in [3.63, 3.8) is 0 Å². The molecule has 2 aromatic carbocycles. The van der Waals surface area contributed by atoms with E-state index in [0.717, 1.165) is 0 Å². The Kier molecular flexibility index (Phi) is 5.89. The van der Waals surface area contributed by atoms with Gasteiger partial charge in [-0.25, -0.2) is 0 Å². The third kappa shape index (κ3) is 3.85. The van der Waals surface area contributed by atoms with Crippen molar-refractivity contribution in [3.8, 4) is 28.7 Å². The fourth-order valence-electron chi connectivity index (χ4n) is 2.34. The fraction of sp³-hybridized carbons (Fsp3) is 0.211. The molecule has 0 bridgehead atoms. The summed E-state index contributed by atoms with van der Waals surface area (Å²) in [5.41, 5.74) is 0.726. The van der Waals surface area contributed by atoms with Gasteiger partial charge < -0.3 is 24.1 Å². The number of benzene rings is 2. The van der Waals surface area contributed by atoms with Crippen molar-refractivity contribution in [1.82, 2.24) is 0 Å². The third-order valence-electron chi connectivity index (χ3n) is 3.63. The molecule has 0 aliphatic heterocycles. The van der Waals surface area contributed by atoms with E-state index in [-0.39, 0.29) is 17.1 Å². The monoisotopic (exact) mass is 344 g/mol. The molecule has 0 atom stereocenters. The molecule has 2 rings (SSSR count). The van der Waals surface area contributed by atoms with Crippen LogP contribution in [-0.4, -0.2) is 39.3 Å². The van der Waals surface area contributed by atoms with Crippen molar-refractivity contribution in [1.29, 1.82) is 0 Å². The Morgan fingerprint density at radius 1 is 0.920 bits per heavy atom. The molecule has 6 heteroatoms. The fourth-order valence-corrected chi connectivity index (χ4v) is 2.34. The molecule has 0 fully saturated rings. The number of phenolic OH excluding ortho intramolecular Hbond substituents is 1. The van der Waals surface area contributed by atoms with E-state index < -0.39 is 0 Å². The zero-order valence-electron chi connectivity index (χ0n) is 14.5. The normalized spacial score (nSPS) is 10.6. The van der Waals surface area contributed by atoms with Gasteiger partial charge in [-0.2, -0.15) is 0 Å². The maximum absolute atomic E-state index is 12.6. The van der Waals surface area contributed by atoms with Gasteiger partial charge in [-0.05, 0) is 18.2 Å². The number of carbonyl (C=O) groups excluding carboxylic acids is 1. The number of allylic oxidation sites excluding steroid dienone is 1. The highest BCUT2D eigenvalue weighted by molar-refractivity contribution is 6.10. The maximum Gasteiger partial charge on any atom is 0.193 e. The molecule has 0 radical (unpaired) electrons. The number of rotatable bonds is 7. The van der Waals surface area contributed by atoms with Crippen LogP contribution in [-0.2, 0) is 0 Å². The molecular formula is C19H20O6. The lowest BCUT2D eigenvalue weighted by Crippen LogP contribution is -2.03. The van der Waals surface area contributed by atoms with Gasteiger partial charge in [0.15, 0.2) is 17.3 Å². The van der Waals surface area contributed by atoms with Gasteiger partial charge in [-0.3, -0.25) is 4.79 Å². The van der Waals surface area contributed by atoms with Crippen LogP contribution < -0.4 is 18.9 Å². The lowest BCUT2D eigenvalue weighted by atomic mass is 10.1. The van der Waals surface area contributed by atoms with E-state index in [9.17, 15) is 9.90 Å². The Hall–Kier alpha value is -3.15. The molecular weight excluding hydrogens is 324 g/mol. The minimum absolute atomic E-state index is 0.0392. The first-order valence-corrected chi connectivity index (χ1v) is 7.44. The number of carbonyl (C=O) groups is 1. The second-order valence-corrected chi connectivity index (χ2v) is 5.00. The van der Waals surface area contributed by atoms with Crippen LogP contribution >= 0.6 is 0 Å². The topological polar surface area (TPSA) is 74.2 Å². The Morgan fingerprint density at radius 3 is 2.04 bits per heavy atom. The summed E-state index contributed by atoms with van der Waals surface area (Å²) in [6.45, 7) is 0. The van der Waals surface area contributed by atoms with Crippen LogP contribution in [0.1, 0.15) is 15.9 Å². The number of ether oxygens (including phenoxy) is 4. The van der Waals surface area contributed by atoms with E-state index in [1.165, 1.54) is 40.6 Å². The molecule has 0 amide bonds. The van der Waals surface area contributed by atoms with Crippen LogP contribution in [0, 0.1) is 0 Å². The summed E-state index contributed by atoms with van der Waals surface area (Å²) in [7, 11) is 5.90. The van der Waals surface area contributed by atoms with Crippen molar-refractivity contribution in [2.24, 2.45) is 0 Å². The summed E-state index contributed by atoms with van der Waals surface area (Å²) in [6, 6.07) is 8.23. The molecule has 0 aromatic heterocycles. The van der Waals surface area contributed by atoms with Crippen molar-refractivity contribution < 1.29 is 28.8 Å². The van der Waals surface area contributed by atoms with E-state index in [1.54, 1.807) is 30.3 Å². The van der Waals surface area contributed by atoms with Crippen molar-refractivity contribution >= 4 is 11.9 Å². The Balaban J connectivity index is 2.41. The average molecular weight is 344 g/mol. The number of para-hydroxylation sites is 1. The number of hydrogen-bond donors (Lipinski definition) is 1. The Morgan fingerprint density at radius 2 is 1.52 bits per heavy atom. The molecule has 0 saturated heterocycles. The van der Waals surface area contributed by atoms with Crippen LogP contribution in [0.25, 0.3) is 6.08 Å². The molecule has 0 aliphatic carbocycles. The number of aromatic hydroxyl groups is 1. The van der Waals surface area contributed by atoms with Crippen molar-refractivity contribution in [2.45, 2.75) is 0 Å². The van der Waals surface area contributed by atoms with Gasteiger partial charge in [-0.15, -0.1) is 0 Å². The highest BCUT2D eigenvalue weighted by atomic mass is 16.5. The summed E-state index contributed by atoms with van der Waals surface area (Å²) in [4.78, 5) is 12.6. The summed E-state index contributed by atoms with van der Waals surface area (Å²) < 4.78 is 20.8. The molecule has 6 nitrogen and oxygen atoms in total. The second-order valence-electron chi connectivity index (χ2n) is 5.00. The maximum atomic E-state index is 12.6. The zero-order chi connectivity index (χ0) is 18.4. The third-order valence-corrected chi connectivity index (χ3v) is 3.63. The molecule has 0 spiro atoms. The van der Waals surface area contributed by atoms with Gasteiger partial charge in [0.05, 0.1) is 28.4 Å². The average Bonchev–Trinajstić information content (AvgIpc) is 2.65. The van der Waals surface area contributed by atoms with Gasteiger partial charge in [0.25, 0.3) is 0 Å². The van der Waals surface area contributed by atoms with Crippen molar-refractivity contribution in [3.05, 3.63) is 47.5 Å². The molecule has 0 aliphatic rings. The first kappa shape index (κ1) is 18.2. The smallest absolute Gasteiger partial charge is 0.193 e. The van der Waals surface area contributed by atoms with Gasteiger partial charge in [-0.1, -0.05) is 12.1 Å². The first-order chi connectivity index (χ1) is 12.0. The summed E-state index contributed by atoms with van der Waals surface area (Å²) >= 11 is 0. The molecule has 0 heterocycles. The lowest BCUT2D eigenvalue weighted by molar-refractivity contribution is 0.104. The molecule has 1 N–H and O–H groups in total. The molecule has 0 unspecified atom stereocenters. The Labute approximate surface area is 146 Å². The molecule has 2 aromatic rings. The standard InChI is InChI=1S/C19H20O6/c1-22-13-10-16(24-3)18(17(11-13)25-4)14(20)9-8-12-6-5-7-15(23-2)19(12)21/h5-11,21H,1-4H3/b9-8+. The highest BCUT2D eigenvalue weighted by Crippen LogP contribution is 2.35. The van der Waals surface area contributed by atoms with E-state index in [1.807, 2.05) is 0 Å². The molecule has 0 saturated carbocycles. The predicted octanol–water partition coefficient (Wildman–Crippen LogP) is 3.32. The summed E-state index contributed by atoms with van der Waals surface area (Å²) in [5.74, 6) is 1.14. The number of methoxy groups -OCH3 is 4. The van der Waals surface area contributed by atoms with Gasteiger partial charge in [0.2, 0.25) is 0 Å². The van der Waals surface area contributed by atoms with Crippen LogP contribution in [0.3, 0.4) is 0 Å². The predicted molar refractivity (Wildman–Crippen MR) is 94.1 cm³/mol. The quantitative estimate of drug-likeness (QED) is 0.613. The first-order valence-electron chi connectivity index (χ1n) is 7.44. The Bertz CT molecular complexity index is 769. The van der Waals surface area contributed by atoms with Gasteiger partial charge in [0, 0.05) is 17.7 Å². The van der Waals surface area contributed by atoms with Crippen LogP contribution in [0.2, 0.25) is 0 Å². The number of ketones is 1. The van der Waals surface area contributed by atoms with Gasteiger partial charge in [0.1, 0.15) is 22.8 Å². The summed E-state index contributed by atoms with van der Waals surface area (Å²) in [6.07, 6.45) is 2.84. The molecule has 25 heavy (non-hydrogen) atoms. The van der Waals surface area contributed by atoms with Crippen LogP contribution in [0.15, 0.2) is 36.4 Å². The van der Waals surface area contributed by atoms with E-state index in [4.69, 9.17) is 18.9 Å². The summed E-state index contributed by atoms with van der Waals surface area (Å²) in [5, 5.41) is 10.1. The number of hydrogen-bond acceptors (Lipinski definition) is 6. The minimum Gasteiger partial charge on any atom is -0.504 e. The lowest BCUT2D eigenvalue weighted by Gasteiger charge is -2.13. The zero-order valence-corrected chi connectivity index (χ0v) is 14.5. The van der Waals surface area contributed by atoms with Crippen LogP contribution in [0.5, 0.6) is 28.7 Å². The minimum atomic E-state index is -0.335. The van der Waals surface area contributed by atoms with E-state index >= 15 is 0 Å². The van der Waals surface area contributed by atoms with Gasteiger partial charge >= 0.3 is 0 Å². The highest BCUT2D eigenvalue weighted by Gasteiger charge is 2.18.